The number of ether oxygens (including phenoxy) is 1. The molecule has 0 aliphatic heterocycles. The van der Waals surface area contributed by atoms with Gasteiger partial charge in [-0.3, -0.25) is 9.59 Å². The van der Waals surface area contributed by atoms with Crippen LogP contribution >= 0.6 is 0 Å². The number of esters is 1. The Labute approximate surface area is 171 Å². The fourth-order valence-electron chi connectivity index (χ4n) is 2.96. The van der Waals surface area contributed by atoms with E-state index in [0.29, 0.717) is 5.56 Å². The number of nitrogens with one attached hydrogen (secondary N) is 1. The van der Waals surface area contributed by atoms with E-state index in [9.17, 15) is 19.6 Å². The van der Waals surface area contributed by atoms with E-state index in [4.69, 9.17) is 9.84 Å². The van der Waals surface area contributed by atoms with E-state index in [1.807, 2.05) is 30.3 Å². The molecule has 1 amide bonds. The Hall–Kier alpha value is -4.38. The van der Waals surface area contributed by atoms with Gasteiger partial charge in [-0.25, -0.2) is 4.79 Å². The Balaban J connectivity index is 1.94. The van der Waals surface area contributed by atoms with Crippen LogP contribution in [0, 0.1) is 11.3 Å². The van der Waals surface area contributed by atoms with Crippen LogP contribution in [0.4, 0.5) is 5.69 Å². The lowest BCUT2D eigenvalue weighted by Crippen LogP contribution is -2.14. The number of hydrogen-bond donors (Lipinski definition) is 2. The van der Waals surface area contributed by atoms with E-state index >= 15 is 0 Å². The van der Waals surface area contributed by atoms with Crippen LogP contribution in [0.5, 0.6) is 0 Å². The highest BCUT2D eigenvalue weighted by Gasteiger charge is 2.14. The zero-order valence-electron chi connectivity index (χ0n) is 16.0. The maximum atomic E-state index is 12.6. The fourth-order valence-corrected chi connectivity index (χ4v) is 2.96. The Morgan fingerprint density at radius 2 is 1.97 bits per heavy atom. The van der Waals surface area contributed by atoms with Crippen LogP contribution < -0.4 is 5.32 Å². The monoisotopic (exact) mass is 403 g/mol. The Bertz CT molecular complexity index is 1220. The summed E-state index contributed by atoms with van der Waals surface area (Å²) in [7, 11) is 1.30. The smallest absolute Gasteiger partial charge is 0.335 e. The lowest BCUT2D eigenvalue weighted by Gasteiger charge is -2.05. The highest BCUT2D eigenvalue weighted by molar-refractivity contribution is 6.11. The van der Waals surface area contributed by atoms with Crippen LogP contribution in [0.25, 0.3) is 17.0 Å². The number of anilines is 1. The molecule has 1 heterocycles. The summed E-state index contributed by atoms with van der Waals surface area (Å²) in [5.41, 5.74) is 1.44. The number of carbonyl (C=O) groups excluding carboxylic acids is 2. The quantitative estimate of drug-likeness (QED) is 0.371. The van der Waals surface area contributed by atoms with Crippen molar-refractivity contribution in [2.24, 2.45) is 0 Å². The Kier molecular flexibility index (Phi) is 5.94. The molecule has 8 heteroatoms. The van der Waals surface area contributed by atoms with Crippen LogP contribution in [0.15, 0.2) is 60.3 Å². The summed E-state index contributed by atoms with van der Waals surface area (Å²) >= 11 is 0. The number of para-hydroxylation sites is 1. The number of carboxylic acid groups (broad SMARTS) is 1. The lowest BCUT2D eigenvalue weighted by atomic mass is 10.1. The van der Waals surface area contributed by atoms with Crippen molar-refractivity contribution in [2.45, 2.75) is 6.54 Å². The number of hydrogen-bond acceptors (Lipinski definition) is 5. The summed E-state index contributed by atoms with van der Waals surface area (Å²) < 4.78 is 6.39. The number of aromatic carboxylic acids is 1. The van der Waals surface area contributed by atoms with Crippen molar-refractivity contribution in [1.29, 1.82) is 5.26 Å². The van der Waals surface area contributed by atoms with Gasteiger partial charge in [-0.2, -0.15) is 5.26 Å². The highest BCUT2D eigenvalue weighted by atomic mass is 16.5. The van der Waals surface area contributed by atoms with E-state index in [1.165, 1.54) is 37.5 Å². The minimum atomic E-state index is -1.12. The summed E-state index contributed by atoms with van der Waals surface area (Å²) in [5, 5.41) is 21.8. The molecule has 0 aliphatic carbocycles. The van der Waals surface area contributed by atoms with E-state index in [0.717, 1.165) is 10.9 Å². The van der Waals surface area contributed by atoms with Crippen molar-refractivity contribution < 1.29 is 24.2 Å². The number of nitriles is 1. The average Bonchev–Trinajstić information content (AvgIpc) is 3.09. The third-order valence-electron chi connectivity index (χ3n) is 4.38. The molecule has 3 aromatic rings. The number of methoxy groups -OCH3 is 1. The largest absolute Gasteiger partial charge is 0.478 e. The molecule has 2 N–H and O–H groups in total. The minimum Gasteiger partial charge on any atom is -0.478 e. The molecular weight excluding hydrogens is 386 g/mol. The molecule has 0 saturated heterocycles. The molecule has 8 nitrogen and oxygen atoms in total. The fraction of sp³-hybridized carbons (Fsp3) is 0.0909. The summed E-state index contributed by atoms with van der Waals surface area (Å²) in [6.07, 6.45) is 3.09. The van der Waals surface area contributed by atoms with Crippen molar-refractivity contribution in [2.75, 3.05) is 12.4 Å². The van der Waals surface area contributed by atoms with Gasteiger partial charge in [-0.05, 0) is 30.3 Å². The second kappa shape index (κ2) is 8.75. The van der Waals surface area contributed by atoms with Gasteiger partial charge in [0.2, 0.25) is 0 Å². The number of carboxylic acids is 1. The number of nitrogens with zero attached hydrogens (tertiary/aromatic N) is 2. The normalized spacial score (nSPS) is 11.0. The number of benzene rings is 2. The first kappa shape index (κ1) is 20.4. The maximum Gasteiger partial charge on any atom is 0.335 e. The second-order valence-corrected chi connectivity index (χ2v) is 6.32. The van der Waals surface area contributed by atoms with E-state index < -0.39 is 17.8 Å². The molecule has 30 heavy (non-hydrogen) atoms. The lowest BCUT2D eigenvalue weighted by molar-refractivity contribution is -0.141. The second-order valence-electron chi connectivity index (χ2n) is 6.32. The Morgan fingerprint density at radius 1 is 1.20 bits per heavy atom. The number of aromatic nitrogens is 1. The predicted octanol–water partition coefficient (Wildman–Crippen LogP) is 3.06. The van der Waals surface area contributed by atoms with Gasteiger partial charge in [0, 0.05) is 28.4 Å². The van der Waals surface area contributed by atoms with Gasteiger partial charge < -0.3 is 19.7 Å². The summed E-state index contributed by atoms with van der Waals surface area (Å²) in [4.78, 5) is 35.3. The SMILES string of the molecule is COC(=O)Cn1cc(/C=C(/C#N)C(=O)Nc2cccc(C(=O)O)c2)c2ccccc21. The first-order chi connectivity index (χ1) is 14.4. The van der Waals surface area contributed by atoms with Crippen LogP contribution in [0.3, 0.4) is 0 Å². The van der Waals surface area contributed by atoms with Crippen molar-refractivity contribution >= 4 is 40.5 Å². The average molecular weight is 403 g/mol. The third-order valence-corrected chi connectivity index (χ3v) is 4.38. The Morgan fingerprint density at radius 3 is 2.67 bits per heavy atom. The van der Waals surface area contributed by atoms with Crippen molar-refractivity contribution in [3.05, 3.63) is 71.4 Å². The predicted molar refractivity (Wildman–Crippen MR) is 110 cm³/mol. The molecule has 0 unspecified atom stereocenters. The zero-order valence-corrected chi connectivity index (χ0v) is 16.0. The molecule has 0 radical (unpaired) electrons. The molecule has 0 spiro atoms. The first-order valence-corrected chi connectivity index (χ1v) is 8.84. The zero-order chi connectivity index (χ0) is 21.7. The molecule has 1 aromatic heterocycles. The molecule has 0 bridgehead atoms. The van der Waals surface area contributed by atoms with Crippen LogP contribution in [-0.4, -0.2) is 34.6 Å². The van der Waals surface area contributed by atoms with Gasteiger partial charge in [-0.1, -0.05) is 24.3 Å². The molecule has 3 rings (SSSR count). The van der Waals surface area contributed by atoms with E-state index in [2.05, 4.69) is 5.32 Å². The van der Waals surface area contributed by atoms with Gasteiger partial charge in [-0.15, -0.1) is 0 Å². The van der Waals surface area contributed by atoms with Crippen LogP contribution in [0.2, 0.25) is 0 Å². The highest BCUT2D eigenvalue weighted by Crippen LogP contribution is 2.24. The van der Waals surface area contributed by atoms with Crippen LogP contribution in [-0.2, 0) is 20.9 Å². The minimum absolute atomic E-state index is 0.0130. The summed E-state index contributed by atoms with van der Waals surface area (Å²) in [6, 6.07) is 14.9. The molecule has 0 fully saturated rings. The van der Waals surface area contributed by atoms with Crippen molar-refractivity contribution in [3.63, 3.8) is 0 Å². The molecule has 2 aromatic carbocycles. The molecule has 150 valence electrons. The van der Waals surface area contributed by atoms with E-state index in [1.54, 1.807) is 10.8 Å². The number of fused-ring (bicyclic) bond motifs is 1. The topological polar surface area (TPSA) is 121 Å². The third kappa shape index (κ3) is 4.36. The molecule has 0 atom stereocenters. The molecular formula is C22H17N3O5. The van der Waals surface area contributed by atoms with Gasteiger partial charge in [0.25, 0.3) is 5.91 Å². The first-order valence-electron chi connectivity index (χ1n) is 8.84. The number of rotatable bonds is 6. The van der Waals surface area contributed by atoms with Crippen molar-refractivity contribution in [3.8, 4) is 6.07 Å². The van der Waals surface area contributed by atoms with Gasteiger partial charge in [0.05, 0.1) is 12.7 Å². The standard InChI is InChI=1S/C22H17N3O5/c1-30-20(26)13-25-12-16(18-7-2-3-8-19(18)25)9-15(11-23)21(27)24-17-6-4-5-14(10-17)22(28)29/h2-10,12H,13H2,1H3,(H,24,27)(H,28,29)/b15-9-. The van der Waals surface area contributed by atoms with Gasteiger partial charge >= 0.3 is 11.9 Å². The summed E-state index contributed by atoms with van der Waals surface area (Å²) in [6.45, 7) is -0.0130. The van der Waals surface area contributed by atoms with Gasteiger partial charge in [0.1, 0.15) is 18.2 Å². The molecule has 0 saturated carbocycles. The molecule has 0 aliphatic rings. The van der Waals surface area contributed by atoms with Crippen molar-refractivity contribution in [1.82, 2.24) is 4.57 Å². The van der Waals surface area contributed by atoms with Gasteiger partial charge in [0.15, 0.2) is 0 Å². The summed E-state index contributed by atoms with van der Waals surface area (Å²) in [5.74, 6) is -2.23. The van der Waals surface area contributed by atoms with Crippen LogP contribution in [0.1, 0.15) is 15.9 Å². The number of amides is 1. The van der Waals surface area contributed by atoms with E-state index in [-0.39, 0.29) is 23.4 Å². The number of carbonyl (C=O) groups is 3. The maximum absolute atomic E-state index is 12.6.